The smallest absolute Gasteiger partial charge is 0.259 e. The molecule has 1 saturated heterocycles. The number of ether oxygens (including phenoxy) is 1. The highest BCUT2D eigenvalue weighted by molar-refractivity contribution is 6.09. The zero-order valence-electron chi connectivity index (χ0n) is 17.8. The van der Waals surface area contributed by atoms with Gasteiger partial charge in [-0.15, -0.1) is 0 Å². The summed E-state index contributed by atoms with van der Waals surface area (Å²) in [5, 5.41) is 0. The second-order valence-corrected chi connectivity index (χ2v) is 9.20. The van der Waals surface area contributed by atoms with E-state index in [4.69, 9.17) is 4.74 Å². The summed E-state index contributed by atoms with van der Waals surface area (Å²) >= 11 is 0. The summed E-state index contributed by atoms with van der Waals surface area (Å²) in [5.74, 6) is 1.02. The van der Waals surface area contributed by atoms with Crippen LogP contribution >= 0.6 is 0 Å². The van der Waals surface area contributed by atoms with Gasteiger partial charge < -0.3 is 4.74 Å². The van der Waals surface area contributed by atoms with Gasteiger partial charge in [0.2, 0.25) is 11.8 Å². The van der Waals surface area contributed by atoms with Crippen molar-refractivity contribution in [1.29, 1.82) is 0 Å². The molecule has 2 aromatic carbocycles. The zero-order valence-corrected chi connectivity index (χ0v) is 17.8. The molecule has 0 aromatic heterocycles. The van der Waals surface area contributed by atoms with Gasteiger partial charge in [0.15, 0.2) is 0 Å². The molecule has 6 atom stereocenters. The Morgan fingerprint density at radius 2 is 1.53 bits per heavy atom. The second kappa shape index (κ2) is 7.05. The number of methoxy groups -OCH3 is 1. The van der Waals surface area contributed by atoms with E-state index < -0.39 is 0 Å². The highest BCUT2D eigenvalue weighted by Crippen LogP contribution is 2.65. The minimum Gasteiger partial charge on any atom is -0.497 e. The maximum absolute atomic E-state index is 13.4. The maximum atomic E-state index is 13.4. The van der Waals surface area contributed by atoms with Crippen molar-refractivity contribution in [2.24, 2.45) is 35.5 Å². The number of hydrogen-bond acceptors (Lipinski definition) is 4. The van der Waals surface area contributed by atoms with Gasteiger partial charge >= 0.3 is 0 Å². The van der Waals surface area contributed by atoms with Crippen LogP contribution in [0.15, 0.2) is 66.7 Å². The minimum atomic E-state index is -0.272. The third-order valence-electron chi connectivity index (χ3n) is 7.69. The van der Waals surface area contributed by atoms with Gasteiger partial charge in [0, 0.05) is 11.3 Å². The van der Waals surface area contributed by atoms with Gasteiger partial charge in [0.1, 0.15) is 12.4 Å². The van der Waals surface area contributed by atoms with Gasteiger partial charge in [-0.05, 0) is 66.5 Å². The quantitative estimate of drug-likeness (QED) is 0.541. The monoisotopic (exact) mass is 428 g/mol. The van der Waals surface area contributed by atoms with E-state index in [9.17, 15) is 14.4 Å². The Balaban J connectivity index is 1.33. The van der Waals surface area contributed by atoms with E-state index >= 15 is 0 Å². The number of amides is 3. The Labute approximate surface area is 186 Å². The lowest BCUT2D eigenvalue weighted by Crippen LogP contribution is -2.45. The van der Waals surface area contributed by atoms with Crippen LogP contribution in [0.25, 0.3) is 0 Å². The predicted molar refractivity (Wildman–Crippen MR) is 118 cm³/mol. The molecule has 0 spiro atoms. The van der Waals surface area contributed by atoms with Crippen LogP contribution in [0.1, 0.15) is 16.8 Å². The normalized spacial score (nSPS) is 31.3. The van der Waals surface area contributed by atoms with Crippen LogP contribution in [-0.4, -0.2) is 36.4 Å². The number of nitrogens with zero attached hydrogens (tertiary/aromatic N) is 2. The number of imide groups is 1. The van der Waals surface area contributed by atoms with E-state index in [0.29, 0.717) is 28.8 Å². The molecule has 5 aliphatic rings. The van der Waals surface area contributed by atoms with Crippen LogP contribution in [0.5, 0.6) is 5.75 Å². The molecule has 162 valence electrons. The topological polar surface area (TPSA) is 66.9 Å². The molecule has 6 heteroatoms. The Morgan fingerprint density at radius 1 is 0.938 bits per heavy atom. The highest BCUT2D eigenvalue weighted by Gasteiger charge is 2.67. The molecule has 2 aromatic rings. The fraction of sp³-hybridized carbons (Fsp3) is 0.346. The number of carbonyl (C=O) groups excluding carboxylic acids is 3. The van der Waals surface area contributed by atoms with E-state index in [1.165, 1.54) is 9.80 Å². The van der Waals surface area contributed by atoms with Crippen LogP contribution in [0, 0.1) is 35.5 Å². The Bertz CT molecular complexity index is 1090. The second-order valence-electron chi connectivity index (χ2n) is 9.20. The first-order valence-corrected chi connectivity index (χ1v) is 11.1. The number of rotatable bonds is 5. The molecule has 32 heavy (non-hydrogen) atoms. The molecule has 2 bridgehead atoms. The van der Waals surface area contributed by atoms with Crippen molar-refractivity contribution in [3.05, 3.63) is 72.3 Å². The fourth-order valence-electron chi connectivity index (χ4n) is 6.06. The molecule has 1 heterocycles. The van der Waals surface area contributed by atoms with Crippen molar-refractivity contribution < 1.29 is 19.1 Å². The highest BCUT2D eigenvalue weighted by atomic mass is 16.5. The third-order valence-corrected chi connectivity index (χ3v) is 7.69. The lowest BCUT2D eigenvalue weighted by Gasteiger charge is -2.37. The predicted octanol–water partition coefficient (Wildman–Crippen LogP) is 3.35. The van der Waals surface area contributed by atoms with E-state index in [1.54, 1.807) is 55.6 Å². The van der Waals surface area contributed by atoms with Gasteiger partial charge in [-0.3, -0.25) is 24.2 Å². The Morgan fingerprint density at radius 3 is 2.09 bits per heavy atom. The first kappa shape index (κ1) is 19.3. The molecule has 3 fully saturated rings. The van der Waals surface area contributed by atoms with Gasteiger partial charge in [-0.25, -0.2) is 0 Å². The molecule has 0 N–H and O–H groups in total. The minimum absolute atomic E-state index is 0.0838. The zero-order chi connectivity index (χ0) is 22.0. The van der Waals surface area contributed by atoms with E-state index in [2.05, 4.69) is 12.2 Å². The summed E-state index contributed by atoms with van der Waals surface area (Å²) in [6.07, 6.45) is 5.44. The molecule has 4 aliphatic carbocycles. The van der Waals surface area contributed by atoms with Crippen molar-refractivity contribution >= 4 is 23.4 Å². The van der Waals surface area contributed by atoms with Gasteiger partial charge in [-0.1, -0.05) is 30.4 Å². The number of anilines is 1. The van der Waals surface area contributed by atoms with Gasteiger partial charge in [0.25, 0.3) is 5.91 Å². The molecule has 0 unspecified atom stereocenters. The summed E-state index contributed by atoms with van der Waals surface area (Å²) in [6, 6.07) is 16.0. The lowest BCUT2D eigenvalue weighted by molar-refractivity contribution is -0.140. The molecule has 2 saturated carbocycles. The van der Waals surface area contributed by atoms with Crippen LogP contribution in [0.4, 0.5) is 5.69 Å². The largest absolute Gasteiger partial charge is 0.497 e. The van der Waals surface area contributed by atoms with Crippen LogP contribution in [0.2, 0.25) is 0 Å². The maximum Gasteiger partial charge on any atom is 0.259 e. The number of likely N-dealkylation sites (tertiary alicyclic amines) is 1. The molecule has 0 radical (unpaired) electrons. The fourth-order valence-corrected chi connectivity index (χ4v) is 6.06. The third kappa shape index (κ3) is 2.75. The van der Waals surface area contributed by atoms with Crippen LogP contribution in [-0.2, 0) is 9.59 Å². The lowest BCUT2D eigenvalue weighted by atomic mass is 9.63. The molecule has 7 rings (SSSR count). The average Bonchev–Trinajstić information content (AvgIpc) is 3.63. The van der Waals surface area contributed by atoms with Crippen molar-refractivity contribution in [2.45, 2.75) is 6.42 Å². The number of benzene rings is 2. The Kier molecular flexibility index (Phi) is 4.25. The first-order valence-electron chi connectivity index (χ1n) is 11.1. The van der Waals surface area contributed by atoms with Gasteiger partial charge in [-0.2, -0.15) is 0 Å². The van der Waals surface area contributed by atoms with Crippen molar-refractivity contribution in [1.82, 2.24) is 4.90 Å². The van der Waals surface area contributed by atoms with Crippen molar-refractivity contribution in [3.8, 4) is 5.75 Å². The molecular formula is C26H24N2O4. The number of allylic oxidation sites excluding steroid dienone is 2. The number of carbonyl (C=O) groups is 3. The summed E-state index contributed by atoms with van der Waals surface area (Å²) < 4.78 is 5.24. The summed E-state index contributed by atoms with van der Waals surface area (Å²) in [7, 11) is 1.58. The standard InChI is InChI=1S/C26H24N2O4/c1-32-17-9-7-16(8-10-17)27(24(29)15-5-3-2-4-6-15)14-28-25(30)22-18-11-12-19(21-13-20(18)21)23(22)26(28)31/h2-12,18-23H,13-14H2,1H3/t18-,19-,20-,21-,22+,23+/m0/s1. The molecule has 6 nitrogen and oxygen atoms in total. The molecule has 3 amide bonds. The first-order chi connectivity index (χ1) is 15.6. The Hall–Kier alpha value is -3.41. The molecular weight excluding hydrogens is 404 g/mol. The van der Waals surface area contributed by atoms with E-state index in [0.717, 1.165) is 6.42 Å². The van der Waals surface area contributed by atoms with E-state index in [-0.39, 0.29) is 48.1 Å². The van der Waals surface area contributed by atoms with Crippen LogP contribution < -0.4 is 9.64 Å². The van der Waals surface area contributed by atoms with Gasteiger partial charge in [0.05, 0.1) is 18.9 Å². The molecule has 1 aliphatic heterocycles. The summed E-state index contributed by atoms with van der Waals surface area (Å²) in [6.45, 7) is -0.0838. The SMILES string of the molecule is COc1ccc(N(CN2C(=O)[C@@H]3[C@H]4C=C[C@@H]([C@@H]5C[C@@H]45)[C@H]3C2=O)C(=O)c2ccccc2)cc1. The van der Waals surface area contributed by atoms with E-state index in [1.807, 2.05) is 6.07 Å². The summed E-state index contributed by atoms with van der Waals surface area (Å²) in [4.78, 5) is 43.2. The van der Waals surface area contributed by atoms with Crippen molar-refractivity contribution in [3.63, 3.8) is 0 Å². The van der Waals surface area contributed by atoms with Crippen LogP contribution in [0.3, 0.4) is 0 Å². The summed E-state index contributed by atoms with van der Waals surface area (Å²) in [5.41, 5.74) is 1.11. The number of hydrogen-bond donors (Lipinski definition) is 0. The average molecular weight is 428 g/mol. The van der Waals surface area contributed by atoms with Crippen molar-refractivity contribution in [2.75, 3.05) is 18.7 Å².